The fourth-order valence-electron chi connectivity index (χ4n) is 4.44. The molecule has 0 radical (unpaired) electrons. The SMILES string of the molecule is C[C@@H](c1ccc(-c2ccco2)cc1)N1CCC(CC(C)(C)O)(c2ccccc2)OC1=O. The lowest BCUT2D eigenvalue weighted by Crippen LogP contribution is -2.51. The third-order valence-corrected chi connectivity index (χ3v) is 5.96. The van der Waals surface area contributed by atoms with Crippen molar-refractivity contribution in [1.29, 1.82) is 0 Å². The number of amides is 1. The molecular weight excluding hydrogens is 390 g/mol. The summed E-state index contributed by atoms with van der Waals surface area (Å²) in [6.45, 7) is 6.06. The van der Waals surface area contributed by atoms with Gasteiger partial charge in [-0.3, -0.25) is 0 Å². The van der Waals surface area contributed by atoms with E-state index >= 15 is 0 Å². The molecule has 0 bridgehead atoms. The second-order valence-corrected chi connectivity index (χ2v) is 8.94. The Bertz CT molecular complexity index is 1010. The van der Waals surface area contributed by atoms with Crippen LogP contribution in [0.3, 0.4) is 0 Å². The number of furan rings is 1. The van der Waals surface area contributed by atoms with Crippen LogP contribution in [0.1, 0.15) is 50.8 Å². The van der Waals surface area contributed by atoms with Crippen molar-refractivity contribution in [2.45, 2.75) is 50.9 Å². The third kappa shape index (κ3) is 4.52. The highest BCUT2D eigenvalue weighted by Crippen LogP contribution is 2.42. The van der Waals surface area contributed by atoms with Crippen molar-refractivity contribution in [2.75, 3.05) is 6.54 Å². The first-order valence-corrected chi connectivity index (χ1v) is 10.7. The molecule has 1 aliphatic heterocycles. The molecule has 5 nitrogen and oxygen atoms in total. The molecule has 2 atom stereocenters. The molecule has 1 saturated heterocycles. The van der Waals surface area contributed by atoms with E-state index in [0.29, 0.717) is 19.4 Å². The zero-order chi connectivity index (χ0) is 22.1. The molecule has 1 amide bonds. The van der Waals surface area contributed by atoms with E-state index in [1.807, 2.05) is 73.7 Å². The Morgan fingerprint density at radius 3 is 2.35 bits per heavy atom. The van der Waals surface area contributed by atoms with E-state index < -0.39 is 11.2 Å². The van der Waals surface area contributed by atoms with Crippen molar-refractivity contribution in [3.8, 4) is 11.3 Å². The lowest BCUT2D eigenvalue weighted by molar-refractivity contribution is -0.101. The van der Waals surface area contributed by atoms with Gasteiger partial charge in [0.2, 0.25) is 0 Å². The molecule has 1 fully saturated rings. The molecule has 2 aromatic carbocycles. The van der Waals surface area contributed by atoms with Gasteiger partial charge >= 0.3 is 6.09 Å². The number of carbonyl (C=O) groups excluding carboxylic acids is 1. The fourth-order valence-corrected chi connectivity index (χ4v) is 4.44. The number of aliphatic hydroxyl groups is 1. The predicted octanol–water partition coefficient (Wildman–Crippen LogP) is 5.91. The first-order valence-electron chi connectivity index (χ1n) is 10.7. The van der Waals surface area contributed by atoms with Gasteiger partial charge in [0.15, 0.2) is 0 Å². The van der Waals surface area contributed by atoms with Crippen LogP contribution in [-0.2, 0) is 10.3 Å². The molecule has 0 aliphatic carbocycles. The van der Waals surface area contributed by atoms with E-state index in [2.05, 4.69) is 0 Å². The number of cyclic esters (lactones) is 1. The third-order valence-electron chi connectivity index (χ3n) is 5.96. The Morgan fingerprint density at radius 2 is 1.77 bits per heavy atom. The summed E-state index contributed by atoms with van der Waals surface area (Å²) in [5, 5.41) is 10.5. The van der Waals surface area contributed by atoms with Crippen LogP contribution in [0.2, 0.25) is 0 Å². The molecule has 31 heavy (non-hydrogen) atoms. The highest BCUT2D eigenvalue weighted by atomic mass is 16.6. The Morgan fingerprint density at radius 1 is 1.06 bits per heavy atom. The summed E-state index contributed by atoms with van der Waals surface area (Å²) in [7, 11) is 0. The maximum absolute atomic E-state index is 13.1. The lowest BCUT2D eigenvalue weighted by atomic mass is 9.80. The minimum absolute atomic E-state index is 0.130. The minimum atomic E-state index is -0.967. The molecule has 4 rings (SSSR count). The molecule has 5 heteroatoms. The highest BCUT2D eigenvalue weighted by molar-refractivity contribution is 5.70. The van der Waals surface area contributed by atoms with E-state index in [-0.39, 0.29) is 12.1 Å². The number of benzene rings is 2. The number of ether oxygens (including phenoxy) is 1. The predicted molar refractivity (Wildman–Crippen MR) is 119 cm³/mol. The summed E-state index contributed by atoms with van der Waals surface area (Å²) in [6.07, 6.45) is 2.25. The summed E-state index contributed by atoms with van der Waals surface area (Å²) < 4.78 is 11.5. The highest BCUT2D eigenvalue weighted by Gasteiger charge is 2.46. The van der Waals surface area contributed by atoms with Crippen molar-refractivity contribution in [2.24, 2.45) is 0 Å². The molecule has 1 unspecified atom stereocenters. The average Bonchev–Trinajstić information content (AvgIpc) is 3.28. The van der Waals surface area contributed by atoms with Gasteiger partial charge in [-0.05, 0) is 44.0 Å². The Balaban J connectivity index is 1.54. The number of carbonyl (C=O) groups is 1. The molecule has 1 aliphatic rings. The number of hydrogen-bond donors (Lipinski definition) is 1. The van der Waals surface area contributed by atoms with Gasteiger partial charge in [0.05, 0.1) is 17.9 Å². The van der Waals surface area contributed by atoms with Crippen LogP contribution < -0.4 is 0 Å². The normalized spacial score (nSPS) is 20.4. The molecule has 3 aromatic rings. The summed E-state index contributed by atoms with van der Waals surface area (Å²) in [5.41, 5.74) is 1.14. The maximum Gasteiger partial charge on any atom is 0.411 e. The molecule has 0 saturated carbocycles. The summed E-state index contributed by atoms with van der Waals surface area (Å²) in [4.78, 5) is 14.9. The van der Waals surface area contributed by atoms with Crippen LogP contribution >= 0.6 is 0 Å². The molecule has 1 aromatic heterocycles. The molecule has 162 valence electrons. The van der Waals surface area contributed by atoms with Crippen LogP contribution in [0, 0.1) is 0 Å². The van der Waals surface area contributed by atoms with E-state index in [9.17, 15) is 9.90 Å². The zero-order valence-electron chi connectivity index (χ0n) is 18.2. The maximum atomic E-state index is 13.1. The molecular formula is C26H29NO4. The van der Waals surface area contributed by atoms with Crippen molar-refractivity contribution in [1.82, 2.24) is 4.90 Å². The number of rotatable bonds is 6. The summed E-state index contributed by atoms with van der Waals surface area (Å²) >= 11 is 0. The Hall–Kier alpha value is -3.05. The number of nitrogens with zero attached hydrogens (tertiary/aromatic N) is 1. The van der Waals surface area contributed by atoms with Gasteiger partial charge < -0.3 is 19.2 Å². The van der Waals surface area contributed by atoms with Gasteiger partial charge in [-0.25, -0.2) is 4.79 Å². The second-order valence-electron chi connectivity index (χ2n) is 8.94. The smallest absolute Gasteiger partial charge is 0.411 e. The average molecular weight is 420 g/mol. The Labute approximate surface area is 183 Å². The van der Waals surface area contributed by atoms with Gasteiger partial charge in [-0.2, -0.15) is 0 Å². The zero-order valence-corrected chi connectivity index (χ0v) is 18.2. The quantitative estimate of drug-likeness (QED) is 0.540. The van der Waals surface area contributed by atoms with Crippen LogP contribution in [0.4, 0.5) is 4.79 Å². The van der Waals surface area contributed by atoms with Crippen molar-refractivity contribution >= 4 is 6.09 Å². The topological polar surface area (TPSA) is 62.9 Å². The van der Waals surface area contributed by atoms with Crippen LogP contribution in [0.25, 0.3) is 11.3 Å². The van der Waals surface area contributed by atoms with Crippen molar-refractivity contribution in [3.63, 3.8) is 0 Å². The van der Waals surface area contributed by atoms with Gasteiger partial charge in [-0.15, -0.1) is 0 Å². The van der Waals surface area contributed by atoms with E-state index in [1.54, 1.807) is 25.0 Å². The largest absolute Gasteiger partial charge is 0.464 e. The fraction of sp³-hybridized carbons (Fsp3) is 0.346. The standard InChI is InChI=1S/C26H29NO4/c1-19(20-11-13-21(14-12-20)23-10-7-17-30-23)27-16-15-26(31-24(27)28,18-25(2,3)29)22-8-5-4-6-9-22/h4-14,17,19,29H,15-16,18H2,1-3H3/t19-,26?/m0/s1. The van der Waals surface area contributed by atoms with Crippen molar-refractivity contribution < 1.29 is 19.1 Å². The Kier molecular flexibility index (Phi) is 5.63. The van der Waals surface area contributed by atoms with Crippen LogP contribution in [0.15, 0.2) is 77.4 Å². The number of hydrogen-bond acceptors (Lipinski definition) is 4. The molecule has 2 heterocycles. The summed E-state index contributed by atoms with van der Waals surface area (Å²) in [6, 6.07) is 21.4. The van der Waals surface area contributed by atoms with Crippen LogP contribution in [0.5, 0.6) is 0 Å². The van der Waals surface area contributed by atoms with Crippen LogP contribution in [-0.4, -0.2) is 28.2 Å². The van der Waals surface area contributed by atoms with Gasteiger partial charge in [0, 0.05) is 24.9 Å². The van der Waals surface area contributed by atoms with E-state index in [1.165, 1.54) is 0 Å². The van der Waals surface area contributed by atoms with Gasteiger partial charge in [0.1, 0.15) is 11.4 Å². The van der Waals surface area contributed by atoms with Gasteiger partial charge in [0.25, 0.3) is 0 Å². The van der Waals surface area contributed by atoms with E-state index in [4.69, 9.17) is 9.15 Å². The molecule has 1 N–H and O–H groups in total. The van der Waals surface area contributed by atoms with Gasteiger partial charge in [-0.1, -0.05) is 54.6 Å². The minimum Gasteiger partial charge on any atom is -0.464 e. The monoisotopic (exact) mass is 419 g/mol. The first-order chi connectivity index (χ1) is 14.8. The first kappa shape index (κ1) is 21.2. The molecule has 0 spiro atoms. The van der Waals surface area contributed by atoms with Crippen molar-refractivity contribution in [3.05, 3.63) is 84.1 Å². The lowest BCUT2D eigenvalue weighted by Gasteiger charge is -2.45. The van der Waals surface area contributed by atoms with E-state index in [0.717, 1.165) is 22.5 Å². The summed E-state index contributed by atoms with van der Waals surface area (Å²) in [5.74, 6) is 0.816. The second kappa shape index (κ2) is 8.23.